The fraction of sp³-hybridized carbons (Fsp3) is 0.389. The molecule has 1 saturated heterocycles. The summed E-state index contributed by atoms with van der Waals surface area (Å²) in [5.74, 6) is 1.51. The molecule has 5 nitrogen and oxygen atoms in total. The van der Waals surface area contributed by atoms with E-state index in [0.717, 1.165) is 17.9 Å². The zero-order valence-electron chi connectivity index (χ0n) is 13.8. The Morgan fingerprint density at radius 1 is 1.16 bits per heavy atom. The molecule has 25 heavy (non-hydrogen) atoms. The molecule has 0 radical (unpaired) electrons. The largest absolute Gasteiger partial charge is 0.468 e. The molecule has 2 heterocycles. The van der Waals surface area contributed by atoms with Gasteiger partial charge in [0.05, 0.1) is 22.2 Å². The van der Waals surface area contributed by atoms with Crippen molar-refractivity contribution in [3.8, 4) is 0 Å². The van der Waals surface area contributed by atoms with Gasteiger partial charge in [-0.1, -0.05) is 18.2 Å². The normalized spacial score (nSPS) is 18.7. The number of thioether (sulfide) groups is 1. The van der Waals surface area contributed by atoms with Gasteiger partial charge in [-0.15, -0.1) is 11.8 Å². The molecular weight excluding hydrogens is 358 g/mol. The molecule has 134 valence electrons. The first-order chi connectivity index (χ1) is 12.1. The van der Waals surface area contributed by atoms with Gasteiger partial charge in [-0.25, -0.2) is 8.42 Å². The van der Waals surface area contributed by atoms with Gasteiger partial charge in [0.15, 0.2) is 9.84 Å². The Balaban J connectivity index is 1.55. The van der Waals surface area contributed by atoms with Crippen LogP contribution in [0.5, 0.6) is 0 Å². The Hall–Kier alpha value is -1.73. The topological polar surface area (TPSA) is 67.6 Å². The van der Waals surface area contributed by atoms with Crippen molar-refractivity contribution in [3.05, 3.63) is 54.5 Å². The van der Waals surface area contributed by atoms with Crippen LogP contribution in [0.15, 0.2) is 58.0 Å². The van der Waals surface area contributed by atoms with E-state index in [-0.39, 0.29) is 28.2 Å². The number of sulfone groups is 1. The van der Waals surface area contributed by atoms with E-state index in [4.69, 9.17) is 4.42 Å². The molecule has 2 aromatic rings. The smallest absolute Gasteiger partial charge is 0.223 e. The van der Waals surface area contributed by atoms with Gasteiger partial charge in [-0.05, 0) is 30.7 Å². The summed E-state index contributed by atoms with van der Waals surface area (Å²) in [6, 6.07) is 12.1. The van der Waals surface area contributed by atoms with Gasteiger partial charge in [-0.3, -0.25) is 4.79 Å². The summed E-state index contributed by atoms with van der Waals surface area (Å²) < 4.78 is 30.1. The van der Waals surface area contributed by atoms with E-state index in [1.54, 1.807) is 53.3 Å². The van der Waals surface area contributed by atoms with Gasteiger partial charge in [0.1, 0.15) is 5.76 Å². The van der Waals surface area contributed by atoms with Crippen molar-refractivity contribution in [1.29, 1.82) is 0 Å². The van der Waals surface area contributed by atoms with Crippen LogP contribution in [0, 0.1) is 0 Å². The van der Waals surface area contributed by atoms with Crippen LogP contribution in [0.3, 0.4) is 0 Å². The fourth-order valence-corrected chi connectivity index (χ4v) is 5.28. The lowest BCUT2D eigenvalue weighted by Crippen LogP contribution is -2.34. The van der Waals surface area contributed by atoms with E-state index in [9.17, 15) is 13.2 Å². The van der Waals surface area contributed by atoms with Crippen molar-refractivity contribution >= 4 is 27.5 Å². The highest BCUT2D eigenvalue weighted by atomic mass is 32.2. The Bertz CT molecular complexity index is 788. The number of hydrogen-bond acceptors (Lipinski definition) is 5. The zero-order chi connectivity index (χ0) is 17.7. The summed E-state index contributed by atoms with van der Waals surface area (Å²) in [4.78, 5) is 14.5. The molecular formula is C18H21NO4S2. The first-order valence-electron chi connectivity index (χ1n) is 8.27. The van der Waals surface area contributed by atoms with Gasteiger partial charge in [0, 0.05) is 25.3 Å². The average molecular weight is 380 g/mol. The minimum atomic E-state index is -3.42. The summed E-state index contributed by atoms with van der Waals surface area (Å²) in [6.45, 7) is 1.27. The molecule has 1 aromatic carbocycles. The molecule has 1 atom stereocenters. The van der Waals surface area contributed by atoms with Crippen LogP contribution >= 0.6 is 11.8 Å². The maximum Gasteiger partial charge on any atom is 0.223 e. The van der Waals surface area contributed by atoms with Crippen LogP contribution in [-0.4, -0.2) is 43.8 Å². The van der Waals surface area contributed by atoms with Gasteiger partial charge >= 0.3 is 0 Å². The third-order valence-corrected chi connectivity index (χ3v) is 7.26. The van der Waals surface area contributed by atoms with E-state index in [0.29, 0.717) is 13.1 Å². The molecule has 7 heteroatoms. The monoisotopic (exact) mass is 379 g/mol. The second-order valence-electron chi connectivity index (χ2n) is 5.93. The number of hydrogen-bond donors (Lipinski definition) is 0. The van der Waals surface area contributed by atoms with E-state index in [2.05, 4.69) is 0 Å². The summed E-state index contributed by atoms with van der Waals surface area (Å²) >= 11 is 1.78. The summed E-state index contributed by atoms with van der Waals surface area (Å²) in [7, 11) is -3.42. The van der Waals surface area contributed by atoms with Crippen LogP contribution in [-0.2, 0) is 14.6 Å². The van der Waals surface area contributed by atoms with Crippen molar-refractivity contribution < 1.29 is 17.6 Å². The standard InChI is InChI=1S/C18H21NO4S2/c20-18(9-14-25(21,22)15-5-2-1-3-6-15)19-10-8-17(24-13-11-19)16-7-4-12-23-16/h1-7,12,17H,8-11,13-14H2/t17-/m0/s1. The van der Waals surface area contributed by atoms with Crippen molar-refractivity contribution in [1.82, 2.24) is 4.90 Å². The van der Waals surface area contributed by atoms with Gasteiger partial charge in [0.2, 0.25) is 5.91 Å². The Morgan fingerprint density at radius 3 is 2.68 bits per heavy atom. The summed E-state index contributed by atoms with van der Waals surface area (Å²) in [5.41, 5.74) is 0. The molecule has 0 N–H and O–H groups in total. The second-order valence-corrected chi connectivity index (χ2v) is 9.35. The lowest BCUT2D eigenvalue weighted by molar-refractivity contribution is -0.130. The average Bonchev–Trinajstić information content (AvgIpc) is 3.05. The molecule has 0 aliphatic carbocycles. The lowest BCUT2D eigenvalue weighted by Gasteiger charge is -2.20. The maximum absolute atomic E-state index is 12.5. The molecule has 1 amide bonds. The number of nitrogens with zero attached hydrogens (tertiary/aromatic N) is 1. The molecule has 3 rings (SSSR count). The third kappa shape index (κ3) is 4.67. The fourth-order valence-electron chi connectivity index (χ4n) is 2.85. The number of carbonyl (C=O) groups excluding carboxylic acids is 1. The highest BCUT2D eigenvalue weighted by molar-refractivity contribution is 7.99. The maximum atomic E-state index is 12.5. The molecule has 1 fully saturated rings. The predicted octanol–water partition coefficient (Wildman–Crippen LogP) is 3.15. The first kappa shape index (κ1) is 18.1. The van der Waals surface area contributed by atoms with Crippen molar-refractivity contribution in [3.63, 3.8) is 0 Å². The minimum Gasteiger partial charge on any atom is -0.468 e. The number of rotatable bonds is 5. The van der Waals surface area contributed by atoms with Gasteiger partial charge < -0.3 is 9.32 Å². The Kier molecular flexibility index (Phi) is 5.86. The van der Waals surface area contributed by atoms with Crippen molar-refractivity contribution in [2.75, 3.05) is 24.6 Å². The quantitative estimate of drug-likeness (QED) is 0.798. The molecule has 0 bridgehead atoms. The van der Waals surface area contributed by atoms with Gasteiger partial charge in [-0.2, -0.15) is 0 Å². The lowest BCUT2D eigenvalue weighted by atomic mass is 10.2. The predicted molar refractivity (Wildman–Crippen MR) is 98.2 cm³/mol. The van der Waals surface area contributed by atoms with E-state index in [1.807, 2.05) is 12.1 Å². The van der Waals surface area contributed by atoms with Crippen LogP contribution in [0.4, 0.5) is 0 Å². The number of amides is 1. The van der Waals surface area contributed by atoms with E-state index < -0.39 is 9.84 Å². The number of benzene rings is 1. The van der Waals surface area contributed by atoms with E-state index >= 15 is 0 Å². The highest BCUT2D eigenvalue weighted by Gasteiger charge is 2.24. The molecule has 0 saturated carbocycles. The molecule has 1 aliphatic rings. The van der Waals surface area contributed by atoms with Crippen LogP contribution in [0.25, 0.3) is 0 Å². The highest BCUT2D eigenvalue weighted by Crippen LogP contribution is 2.34. The second kappa shape index (κ2) is 8.10. The molecule has 0 spiro atoms. The van der Waals surface area contributed by atoms with Crippen molar-refractivity contribution in [2.24, 2.45) is 0 Å². The first-order valence-corrected chi connectivity index (χ1v) is 11.0. The van der Waals surface area contributed by atoms with Crippen molar-refractivity contribution in [2.45, 2.75) is 23.0 Å². The molecule has 1 aromatic heterocycles. The Labute approximate surface area is 152 Å². The van der Waals surface area contributed by atoms with Gasteiger partial charge in [0.25, 0.3) is 0 Å². The SMILES string of the molecule is O=C(CCS(=O)(=O)c1ccccc1)N1CCS[C@H](c2ccco2)CC1. The Morgan fingerprint density at radius 2 is 1.96 bits per heavy atom. The third-order valence-electron chi connectivity index (χ3n) is 4.24. The molecule has 0 unspecified atom stereocenters. The number of carbonyl (C=O) groups is 1. The van der Waals surface area contributed by atoms with E-state index in [1.165, 1.54) is 0 Å². The van der Waals surface area contributed by atoms with Crippen LogP contribution < -0.4 is 0 Å². The zero-order valence-corrected chi connectivity index (χ0v) is 15.5. The van der Waals surface area contributed by atoms with Crippen LogP contribution in [0.1, 0.15) is 23.9 Å². The summed E-state index contributed by atoms with van der Waals surface area (Å²) in [6.07, 6.45) is 2.50. The minimum absolute atomic E-state index is 0.0211. The summed E-state index contributed by atoms with van der Waals surface area (Å²) in [5, 5.41) is 0.251. The van der Waals surface area contributed by atoms with Crippen LogP contribution in [0.2, 0.25) is 0 Å². The number of furan rings is 1. The molecule has 1 aliphatic heterocycles.